The number of ether oxygens (including phenoxy) is 1. The molecule has 0 bridgehead atoms. The monoisotopic (exact) mass is 495 g/mol. The molecule has 9 nitrogen and oxygen atoms in total. The summed E-state index contributed by atoms with van der Waals surface area (Å²) in [6.45, 7) is 8.23. The van der Waals surface area contributed by atoms with Gasteiger partial charge in [-0.15, -0.1) is 5.10 Å². The van der Waals surface area contributed by atoms with Crippen molar-refractivity contribution in [1.29, 1.82) is 5.26 Å². The molecule has 0 unspecified atom stereocenters. The van der Waals surface area contributed by atoms with Crippen LogP contribution in [0.15, 0.2) is 45.9 Å². The first-order valence-electron chi connectivity index (χ1n) is 9.59. The summed E-state index contributed by atoms with van der Waals surface area (Å²) < 4.78 is 21.6. The molecule has 1 aromatic carbocycles. The summed E-state index contributed by atoms with van der Waals surface area (Å²) in [4.78, 5) is 26.3. The van der Waals surface area contributed by atoms with Crippen molar-refractivity contribution in [1.82, 2.24) is 19.7 Å². The number of halogens is 2. The van der Waals surface area contributed by atoms with Crippen molar-refractivity contribution in [3.05, 3.63) is 74.4 Å². The molecule has 32 heavy (non-hydrogen) atoms. The molecule has 3 heterocycles. The molecule has 0 N–H and O–H groups in total. The summed E-state index contributed by atoms with van der Waals surface area (Å²) in [5.41, 5.74) is -0.708. The first-order valence-corrected chi connectivity index (χ1v) is 10.4. The fourth-order valence-corrected chi connectivity index (χ4v) is 3.54. The second-order valence-electron chi connectivity index (χ2n) is 6.97. The molecule has 1 fully saturated rings. The highest BCUT2D eigenvalue weighted by atomic mass is 79.9. The standard InChI is InChI=1S/C21H15BrFN7O2/c1-25-17-3-2-14(8-16(17)23)30-20(31)9-19(18(10-24)28-30)32-15-4-6-29(7-5-15)21-26-11-13(22)12-27-21/h2-3,8-9,11-12,15H,4-7H2. The van der Waals surface area contributed by atoms with Crippen molar-refractivity contribution < 1.29 is 9.13 Å². The van der Waals surface area contributed by atoms with Crippen LogP contribution in [0.3, 0.4) is 0 Å². The van der Waals surface area contributed by atoms with Crippen LogP contribution in [0.2, 0.25) is 0 Å². The van der Waals surface area contributed by atoms with Crippen LogP contribution in [0.25, 0.3) is 10.5 Å². The molecule has 0 spiro atoms. The fourth-order valence-electron chi connectivity index (χ4n) is 3.33. The van der Waals surface area contributed by atoms with E-state index in [0.29, 0.717) is 31.9 Å². The quantitative estimate of drug-likeness (QED) is 0.511. The highest BCUT2D eigenvalue weighted by molar-refractivity contribution is 9.10. The normalized spacial score (nSPS) is 13.9. The largest absolute Gasteiger partial charge is 0.487 e. The minimum atomic E-state index is -0.772. The average Bonchev–Trinajstić information content (AvgIpc) is 2.80. The molecule has 11 heteroatoms. The van der Waals surface area contributed by atoms with E-state index in [2.05, 4.69) is 35.8 Å². The van der Waals surface area contributed by atoms with Gasteiger partial charge in [-0.3, -0.25) is 4.79 Å². The van der Waals surface area contributed by atoms with Gasteiger partial charge in [0.25, 0.3) is 5.56 Å². The Morgan fingerprint density at radius 1 is 1.25 bits per heavy atom. The number of nitrogens with zero attached hydrogens (tertiary/aromatic N) is 7. The maximum absolute atomic E-state index is 14.0. The second kappa shape index (κ2) is 9.12. The molecule has 0 saturated carbocycles. The summed E-state index contributed by atoms with van der Waals surface area (Å²) in [5, 5.41) is 13.5. The van der Waals surface area contributed by atoms with E-state index in [1.807, 2.05) is 11.0 Å². The summed E-state index contributed by atoms with van der Waals surface area (Å²) in [7, 11) is 0. The number of rotatable bonds is 4. The van der Waals surface area contributed by atoms with Gasteiger partial charge in [0.05, 0.1) is 22.8 Å². The lowest BCUT2D eigenvalue weighted by atomic mass is 10.1. The summed E-state index contributed by atoms with van der Waals surface area (Å²) in [5.74, 6) is -0.0537. The van der Waals surface area contributed by atoms with E-state index in [0.717, 1.165) is 15.2 Å². The molecule has 0 radical (unpaired) electrons. The van der Waals surface area contributed by atoms with E-state index in [4.69, 9.17) is 11.3 Å². The zero-order chi connectivity index (χ0) is 22.7. The number of piperidine rings is 1. The Kier molecular flexibility index (Phi) is 6.10. The Labute approximate surface area is 190 Å². The first kappa shape index (κ1) is 21.4. The smallest absolute Gasteiger partial charge is 0.275 e. The van der Waals surface area contributed by atoms with Crippen molar-refractivity contribution >= 4 is 27.6 Å². The molecular weight excluding hydrogens is 481 g/mol. The lowest BCUT2D eigenvalue weighted by Crippen LogP contribution is -2.39. The van der Waals surface area contributed by atoms with Crippen molar-refractivity contribution in [3.8, 4) is 17.5 Å². The van der Waals surface area contributed by atoms with Crippen LogP contribution in [0.4, 0.5) is 16.0 Å². The van der Waals surface area contributed by atoms with Crippen LogP contribution < -0.4 is 15.2 Å². The molecule has 0 amide bonds. The minimum Gasteiger partial charge on any atom is -0.487 e. The van der Waals surface area contributed by atoms with Gasteiger partial charge in [-0.2, -0.15) is 9.94 Å². The molecule has 1 saturated heterocycles. The van der Waals surface area contributed by atoms with Gasteiger partial charge >= 0.3 is 0 Å². The Bertz CT molecular complexity index is 1290. The van der Waals surface area contributed by atoms with Crippen molar-refractivity contribution in [2.75, 3.05) is 18.0 Å². The topological polar surface area (TPSA) is 101 Å². The Hall–Kier alpha value is -3.83. The summed E-state index contributed by atoms with van der Waals surface area (Å²) in [6, 6.07) is 6.79. The lowest BCUT2D eigenvalue weighted by molar-refractivity contribution is 0.168. The third-order valence-electron chi connectivity index (χ3n) is 4.92. The second-order valence-corrected chi connectivity index (χ2v) is 7.89. The molecule has 1 aliphatic rings. The number of hydrogen-bond donors (Lipinski definition) is 0. The molecule has 1 aliphatic heterocycles. The van der Waals surface area contributed by atoms with E-state index in [-0.39, 0.29) is 28.9 Å². The number of hydrogen-bond acceptors (Lipinski definition) is 7. The maximum Gasteiger partial charge on any atom is 0.275 e. The van der Waals surface area contributed by atoms with Gasteiger partial charge in [0.15, 0.2) is 5.75 Å². The van der Waals surface area contributed by atoms with Gasteiger partial charge < -0.3 is 9.64 Å². The van der Waals surface area contributed by atoms with Crippen LogP contribution in [0.1, 0.15) is 18.5 Å². The average molecular weight is 496 g/mol. The predicted octanol–water partition coefficient (Wildman–Crippen LogP) is 3.39. The number of anilines is 1. The molecule has 0 aliphatic carbocycles. The van der Waals surface area contributed by atoms with Gasteiger partial charge in [-0.05, 0) is 28.1 Å². The fraction of sp³-hybridized carbons (Fsp3) is 0.238. The number of nitriles is 1. The minimum absolute atomic E-state index is 0.0852. The molecular formula is C21H15BrFN7O2. The van der Waals surface area contributed by atoms with Gasteiger partial charge in [0.1, 0.15) is 18.0 Å². The maximum atomic E-state index is 14.0. The highest BCUT2D eigenvalue weighted by Gasteiger charge is 2.24. The van der Waals surface area contributed by atoms with E-state index in [1.165, 1.54) is 18.2 Å². The van der Waals surface area contributed by atoms with Crippen molar-refractivity contribution in [2.45, 2.75) is 18.9 Å². The van der Waals surface area contributed by atoms with Gasteiger partial charge in [0, 0.05) is 38.3 Å². The third-order valence-corrected chi connectivity index (χ3v) is 5.33. The Balaban J connectivity index is 1.50. The predicted molar refractivity (Wildman–Crippen MR) is 116 cm³/mol. The van der Waals surface area contributed by atoms with Crippen molar-refractivity contribution in [3.63, 3.8) is 0 Å². The van der Waals surface area contributed by atoms with Crippen LogP contribution in [-0.4, -0.2) is 38.9 Å². The van der Waals surface area contributed by atoms with E-state index < -0.39 is 11.4 Å². The molecule has 4 rings (SSSR count). The number of aromatic nitrogens is 4. The molecule has 0 atom stereocenters. The van der Waals surface area contributed by atoms with Crippen molar-refractivity contribution in [2.24, 2.45) is 0 Å². The summed E-state index contributed by atoms with van der Waals surface area (Å²) >= 11 is 3.31. The van der Waals surface area contributed by atoms with Crippen LogP contribution in [-0.2, 0) is 0 Å². The SMILES string of the molecule is [C-]#[N+]c1ccc(-n2nc(C#N)c(OC3CCN(c4ncc(Br)cn4)CC3)cc2=O)cc1F. The van der Waals surface area contributed by atoms with Gasteiger partial charge in [-0.1, -0.05) is 6.07 Å². The van der Waals surface area contributed by atoms with E-state index in [1.54, 1.807) is 12.4 Å². The van der Waals surface area contributed by atoms with Gasteiger partial charge in [0.2, 0.25) is 17.3 Å². The Morgan fingerprint density at radius 2 is 1.97 bits per heavy atom. The molecule has 2 aromatic heterocycles. The van der Waals surface area contributed by atoms with E-state index in [9.17, 15) is 14.4 Å². The zero-order valence-corrected chi connectivity index (χ0v) is 18.2. The Morgan fingerprint density at radius 3 is 2.59 bits per heavy atom. The molecule has 3 aromatic rings. The third kappa shape index (κ3) is 4.43. The van der Waals surface area contributed by atoms with Crippen LogP contribution in [0, 0.1) is 23.7 Å². The lowest BCUT2D eigenvalue weighted by Gasteiger charge is -2.32. The highest BCUT2D eigenvalue weighted by Crippen LogP contribution is 2.24. The molecule has 160 valence electrons. The van der Waals surface area contributed by atoms with Gasteiger partial charge in [-0.25, -0.2) is 19.2 Å². The van der Waals surface area contributed by atoms with Crippen LogP contribution >= 0.6 is 15.9 Å². The van der Waals surface area contributed by atoms with Crippen LogP contribution in [0.5, 0.6) is 5.75 Å². The summed E-state index contributed by atoms with van der Waals surface area (Å²) in [6.07, 6.45) is 4.46. The zero-order valence-electron chi connectivity index (χ0n) is 16.6. The number of benzene rings is 1. The first-order chi connectivity index (χ1) is 15.5. The van der Waals surface area contributed by atoms with E-state index >= 15 is 0 Å².